The summed E-state index contributed by atoms with van der Waals surface area (Å²) < 4.78 is 11.1. The number of rotatable bonds is 7. The molecule has 36 heavy (non-hydrogen) atoms. The number of hydrogen-bond donors (Lipinski definition) is 1. The van der Waals surface area contributed by atoms with Crippen molar-refractivity contribution in [1.82, 2.24) is 0 Å². The second-order valence-corrected chi connectivity index (χ2v) is 8.43. The maximum atomic E-state index is 13.4. The molecule has 1 aliphatic rings. The molecule has 1 fully saturated rings. The number of aliphatic hydroxyl groups excluding tert-OH is 1. The number of anilines is 1. The first kappa shape index (κ1) is 24.6. The molecule has 182 valence electrons. The van der Waals surface area contributed by atoms with Crippen LogP contribution < -0.4 is 14.4 Å². The number of amides is 1. The SMILES string of the molecule is CCCOc1cccc(C2/C(=C(\O)c3ccc(OC)c(C)c3)C(=O)C(=O)N2c2ccc(C#N)cc2)c1. The molecule has 0 aliphatic carbocycles. The monoisotopic (exact) mass is 482 g/mol. The lowest BCUT2D eigenvalue weighted by atomic mass is 9.94. The average Bonchev–Trinajstić information content (AvgIpc) is 3.17. The van der Waals surface area contributed by atoms with E-state index in [0.29, 0.717) is 40.5 Å². The zero-order valence-electron chi connectivity index (χ0n) is 20.3. The van der Waals surface area contributed by atoms with Crippen LogP contribution in [0.1, 0.15) is 41.6 Å². The second kappa shape index (κ2) is 10.4. The van der Waals surface area contributed by atoms with Crippen LogP contribution in [0, 0.1) is 18.3 Å². The molecule has 1 amide bonds. The number of carbonyl (C=O) groups excluding carboxylic acids is 2. The highest BCUT2D eigenvalue weighted by Gasteiger charge is 2.47. The highest BCUT2D eigenvalue weighted by Crippen LogP contribution is 2.43. The molecule has 0 bridgehead atoms. The number of aryl methyl sites for hydroxylation is 1. The van der Waals surface area contributed by atoms with E-state index in [1.807, 2.05) is 13.8 Å². The van der Waals surface area contributed by atoms with E-state index >= 15 is 0 Å². The third-order valence-corrected chi connectivity index (χ3v) is 6.03. The fourth-order valence-electron chi connectivity index (χ4n) is 4.29. The van der Waals surface area contributed by atoms with Gasteiger partial charge in [-0.25, -0.2) is 0 Å². The Kier molecular flexibility index (Phi) is 7.07. The Bertz CT molecular complexity index is 1390. The van der Waals surface area contributed by atoms with E-state index < -0.39 is 17.7 Å². The van der Waals surface area contributed by atoms with Crippen LogP contribution in [0.5, 0.6) is 11.5 Å². The Hall–Kier alpha value is -4.57. The standard InChI is InChI=1S/C29H26N2O5/c1-4-14-36-23-7-5-6-20(16-23)26-25(27(32)21-10-13-24(35-3)18(2)15-21)28(33)29(34)31(26)22-11-8-19(17-30)9-12-22/h5-13,15-16,26,32H,4,14H2,1-3H3/b27-25+. The predicted octanol–water partition coefficient (Wildman–Crippen LogP) is 5.29. The van der Waals surface area contributed by atoms with Gasteiger partial charge in [-0.3, -0.25) is 14.5 Å². The summed E-state index contributed by atoms with van der Waals surface area (Å²) in [6.45, 7) is 4.35. The first-order chi connectivity index (χ1) is 17.4. The van der Waals surface area contributed by atoms with Gasteiger partial charge in [0.05, 0.1) is 37.0 Å². The van der Waals surface area contributed by atoms with Crippen LogP contribution in [0.25, 0.3) is 5.76 Å². The maximum Gasteiger partial charge on any atom is 0.300 e. The van der Waals surface area contributed by atoms with Gasteiger partial charge in [0.1, 0.15) is 17.3 Å². The molecule has 1 N–H and O–H groups in total. The first-order valence-corrected chi connectivity index (χ1v) is 11.6. The van der Waals surface area contributed by atoms with Gasteiger partial charge in [0.2, 0.25) is 0 Å². The van der Waals surface area contributed by atoms with Gasteiger partial charge in [0.15, 0.2) is 0 Å². The number of methoxy groups -OCH3 is 1. The maximum absolute atomic E-state index is 13.4. The topological polar surface area (TPSA) is 99.9 Å². The van der Waals surface area contributed by atoms with Crippen molar-refractivity contribution in [2.24, 2.45) is 0 Å². The third kappa shape index (κ3) is 4.53. The van der Waals surface area contributed by atoms with E-state index in [4.69, 9.17) is 9.47 Å². The van der Waals surface area contributed by atoms with Gasteiger partial charge < -0.3 is 14.6 Å². The summed E-state index contributed by atoms with van der Waals surface area (Å²) in [5.74, 6) is -0.603. The molecule has 1 atom stereocenters. The molecule has 0 aromatic heterocycles. The van der Waals surface area contributed by atoms with Crippen molar-refractivity contribution in [2.45, 2.75) is 26.3 Å². The van der Waals surface area contributed by atoms with E-state index in [0.717, 1.165) is 12.0 Å². The molecular weight excluding hydrogens is 456 g/mol. The lowest BCUT2D eigenvalue weighted by Crippen LogP contribution is -2.29. The van der Waals surface area contributed by atoms with Crippen molar-refractivity contribution < 1.29 is 24.2 Å². The minimum atomic E-state index is -0.898. The second-order valence-electron chi connectivity index (χ2n) is 8.43. The summed E-state index contributed by atoms with van der Waals surface area (Å²) in [4.78, 5) is 28.0. The van der Waals surface area contributed by atoms with Gasteiger partial charge in [0.25, 0.3) is 11.7 Å². The zero-order chi connectivity index (χ0) is 25.8. The Morgan fingerprint density at radius 1 is 1.08 bits per heavy atom. The molecule has 3 aromatic carbocycles. The van der Waals surface area contributed by atoms with Crippen LogP contribution in [0.4, 0.5) is 5.69 Å². The number of ketones is 1. The number of Topliss-reactive ketones (excluding diaryl/α,β-unsaturated/α-hetero) is 1. The third-order valence-electron chi connectivity index (χ3n) is 6.03. The normalized spacial score (nSPS) is 16.6. The number of nitrogens with zero attached hydrogens (tertiary/aromatic N) is 2. The van der Waals surface area contributed by atoms with Gasteiger partial charge in [-0.1, -0.05) is 19.1 Å². The lowest BCUT2D eigenvalue weighted by Gasteiger charge is -2.26. The Balaban J connectivity index is 1.91. The van der Waals surface area contributed by atoms with Crippen LogP contribution in [-0.4, -0.2) is 30.5 Å². The van der Waals surface area contributed by atoms with Crippen molar-refractivity contribution in [2.75, 3.05) is 18.6 Å². The number of hydrogen-bond acceptors (Lipinski definition) is 6. The largest absolute Gasteiger partial charge is 0.507 e. The smallest absolute Gasteiger partial charge is 0.300 e. The number of nitriles is 1. The van der Waals surface area contributed by atoms with Crippen molar-refractivity contribution in [3.8, 4) is 17.6 Å². The van der Waals surface area contributed by atoms with Crippen LogP contribution in [0.3, 0.4) is 0 Å². The quantitative estimate of drug-likeness (QED) is 0.279. The first-order valence-electron chi connectivity index (χ1n) is 11.6. The van der Waals surface area contributed by atoms with Crippen molar-refractivity contribution in [3.05, 3.63) is 94.6 Å². The van der Waals surface area contributed by atoms with Gasteiger partial charge >= 0.3 is 0 Å². The Labute approximate surface area is 209 Å². The highest BCUT2D eigenvalue weighted by atomic mass is 16.5. The van der Waals surface area contributed by atoms with Gasteiger partial charge in [-0.15, -0.1) is 0 Å². The fraction of sp³-hybridized carbons (Fsp3) is 0.207. The minimum absolute atomic E-state index is 0.0263. The number of benzene rings is 3. The summed E-state index contributed by atoms with van der Waals surface area (Å²) >= 11 is 0. The molecule has 0 radical (unpaired) electrons. The summed E-state index contributed by atoms with van der Waals surface area (Å²) in [7, 11) is 1.55. The molecule has 1 unspecified atom stereocenters. The molecule has 4 rings (SSSR count). The van der Waals surface area contributed by atoms with Gasteiger partial charge in [0, 0.05) is 11.3 Å². The minimum Gasteiger partial charge on any atom is -0.507 e. The molecule has 7 heteroatoms. The summed E-state index contributed by atoms with van der Waals surface area (Å²) in [5, 5.41) is 20.5. The van der Waals surface area contributed by atoms with Crippen molar-refractivity contribution >= 4 is 23.1 Å². The molecule has 0 saturated carbocycles. The van der Waals surface area contributed by atoms with Crippen LogP contribution >= 0.6 is 0 Å². The summed E-state index contributed by atoms with van der Waals surface area (Å²) in [6, 6.07) is 19.8. The van der Waals surface area contributed by atoms with E-state index in [1.54, 1.807) is 73.8 Å². The number of aliphatic hydroxyl groups is 1. The molecule has 1 saturated heterocycles. The van der Waals surface area contributed by atoms with Crippen LogP contribution in [0.15, 0.2) is 72.3 Å². The van der Waals surface area contributed by atoms with Gasteiger partial charge in [-0.05, 0) is 79.1 Å². The fourth-order valence-corrected chi connectivity index (χ4v) is 4.29. The van der Waals surface area contributed by atoms with Crippen molar-refractivity contribution in [1.29, 1.82) is 5.26 Å². The van der Waals surface area contributed by atoms with E-state index in [1.165, 1.54) is 4.90 Å². The Morgan fingerprint density at radius 3 is 2.47 bits per heavy atom. The summed E-state index contributed by atoms with van der Waals surface area (Å²) in [5.41, 5.74) is 2.62. The van der Waals surface area contributed by atoms with E-state index in [2.05, 4.69) is 6.07 Å². The number of ether oxygens (including phenoxy) is 2. The molecule has 7 nitrogen and oxygen atoms in total. The van der Waals surface area contributed by atoms with Gasteiger partial charge in [-0.2, -0.15) is 5.26 Å². The molecule has 1 aliphatic heterocycles. The van der Waals surface area contributed by atoms with Crippen LogP contribution in [0.2, 0.25) is 0 Å². The van der Waals surface area contributed by atoms with E-state index in [-0.39, 0.29) is 11.3 Å². The average molecular weight is 483 g/mol. The number of carbonyl (C=O) groups is 2. The molecular formula is C29H26N2O5. The summed E-state index contributed by atoms with van der Waals surface area (Å²) in [6.07, 6.45) is 0.824. The lowest BCUT2D eigenvalue weighted by molar-refractivity contribution is -0.132. The predicted molar refractivity (Wildman–Crippen MR) is 136 cm³/mol. The Morgan fingerprint density at radius 2 is 1.83 bits per heavy atom. The highest BCUT2D eigenvalue weighted by molar-refractivity contribution is 6.51. The van der Waals surface area contributed by atoms with Crippen molar-refractivity contribution in [3.63, 3.8) is 0 Å². The molecule has 3 aromatic rings. The zero-order valence-corrected chi connectivity index (χ0v) is 20.3. The molecule has 1 heterocycles. The molecule has 0 spiro atoms. The van der Waals surface area contributed by atoms with E-state index in [9.17, 15) is 20.0 Å². The van der Waals surface area contributed by atoms with Crippen LogP contribution in [-0.2, 0) is 9.59 Å².